The molecule has 1 amide bonds. The van der Waals surface area contributed by atoms with E-state index >= 15 is 0 Å². The largest absolute Gasteiger partial charge is 0.293 e. The first-order valence-electron chi connectivity index (χ1n) is 5.02. The summed E-state index contributed by atoms with van der Waals surface area (Å²) in [5, 5.41) is 10.9. The van der Waals surface area contributed by atoms with E-state index in [2.05, 4.69) is 0 Å². The van der Waals surface area contributed by atoms with Gasteiger partial charge in [0.15, 0.2) is 4.32 Å². The quantitative estimate of drug-likeness (QED) is 0.361. The number of amides is 1. The van der Waals surface area contributed by atoms with Crippen LogP contribution >= 0.6 is 24.0 Å². The molecule has 1 aliphatic heterocycles. The summed E-state index contributed by atoms with van der Waals surface area (Å²) in [4.78, 5) is 24.2. The predicted molar refractivity (Wildman–Crippen MR) is 74.5 cm³/mol. The zero-order chi connectivity index (χ0) is 13.3. The van der Waals surface area contributed by atoms with E-state index in [1.54, 1.807) is 25.1 Å². The lowest BCUT2D eigenvalue weighted by Gasteiger charge is -2.14. The van der Waals surface area contributed by atoms with Gasteiger partial charge in [0.2, 0.25) is 0 Å². The van der Waals surface area contributed by atoms with Crippen molar-refractivity contribution in [2.45, 2.75) is 6.92 Å². The first kappa shape index (κ1) is 12.7. The lowest BCUT2D eigenvalue weighted by atomic mass is 10.2. The number of rotatable bonds is 2. The van der Waals surface area contributed by atoms with Crippen LogP contribution in [0.2, 0.25) is 0 Å². The number of hydrogen-bond acceptors (Lipinski definition) is 5. The third-order valence-corrected chi connectivity index (χ3v) is 3.80. The van der Waals surface area contributed by atoms with Crippen molar-refractivity contribution in [2.24, 2.45) is 0 Å². The number of hydrogen-bond donors (Lipinski definition) is 0. The number of allylic oxidation sites excluding steroid dienone is 1. The van der Waals surface area contributed by atoms with Crippen molar-refractivity contribution in [1.29, 1.82) is 0 Å². The summed E-state index contributed by atoms with van der Waals surface area (Å²) in [6.07, 6.45) is 1.65. The van der Waals surface area contributed by atoms with Gasteiger partial charge in [-0.15, -0.1) is 0 Å². The number of thiocarbonyl (C=S) groups is 1. The van der Waals surface area contributed by atoms with Gasteiger partial charge in [0.25, 0.3) is 11.6 Å². The van der Waals surface area contributed by atoms with Crippen LogP contribution in [0.15, 0.2) is 35.2 Å². The summed E-state index contributed by atoms with van der Waals surface area (Å²) in [6, 6.07) is 6.05. The molecule has 0 N–H and O–H groups in total. The maximum absolute atomic E-state index is 12.0. The van der Waals surface area contributed by atoms with E-state index in [9.17, 15) is 14.9 Å². The molecule has 0 aromatic heterocycles. The predicted octanol–water partition coefficient (Wildman–Crippen LogP) is 2.86. The molecule has 0 saturated carbocycles. The summed E-state index contributed by atoms with van der Waals surface area (Å²) < 4.78 is 0.308. The third kappa shape index (κ3) is 2.02. The van der Waals surface area contributed by atoms with Crippen LogP contribution in [-0.2, 0) is 4.79 Å². The zero-order valence-corrected chi connectivity index (χ0v) is 11.0. The number of anilines is 1. The summed E-state index contributed by atoms with van der Waals surface area (Å²) in [5.41, 5.74) is 0.0769. The molecule has 0 bridgehead atoms. The van der Waals surface area contributed by atoms with Crippen LogP contribution in [0.5, 0.6) is 0 Å². The fraction of sp³-hybridized carbons (Fsp3) is 0.0909. The van der Waals surface area contributed by atoms with Crippen molar-refractivity contribution in [3.05, 3.63) is 45.4 Å². The van der Waals surface area contributed by atoms with Crippen molar-refractivity contribution < 1.29 is 9.72 Å². The van der Waals surface area contributed by atoms with Gasteiger partial charge in [0, 0.05) is 6.07 Å². The van der Waals surface area contributed by atoms with E-state index < -0.39 is 4.92 Å². The van der Waals surface area contributed by atoms with Gasteiger partial charge in [0.1, 0.15) is 5.69 Å². The molecule has 1 aliphatic rings. The number of benzene rings is 1. The third-order valence-electron chi connectivity index (χ3n) is 2.38. The van der Waals surface area contributed by atoms with Gasteiger partial charge in [-0.3, -0.25) is 19.8 Å². The van der Waals surface area contributed by atoms with E-state index in [-0.39, 0.29) is 17.3 Å². The van der Waals surface area contributed by atoms with Gasteiger partial charge in [-0.05, 0) is 13.0 Å². The summed E-state index contributed by atoms with van der Waals surface area (Å²) in [7, 11) is 0. The van der Waals surface area contributed by atoms with Crippen molar-refractivity contribution in [3.8, 4) is 0 Å². The van der Waals surface area contributed by atoms with Gasteiger partial charge in [-0.1, -0.05) is 42.2 Å². The summed E-state index contributed by atoms with van der Waals surface area (Å²) in [6.45, 7) is 1.73. The highest BCUT2D eigenvalue weighted by atomic mass is 32.2. The molecule has 0 atom stereocenters. The van der Waals surface area contributed by atoms with Crippen LogP contribution in [0.1, 0.15) is 6.92 Å². The van der Waals surface area contributed by atoms with E-state index in [1.165, 1.54) is 17.0 Å². The van der Waals surface area contributed by atoms with Crippen molar-refractivity contribution >= 4 is 45.6 Å². The van der Waals surface area contributed by atoms with Gasteiger partial charge in [-0.25, -0.2) is 0 Å². The molecule has 2 rings (SSSR count). The second kappa shape index (κ2) is 4.87. The molecular weight excluding hydrogens is 272 g/mol. The Hall–Kier alpha value is -1.73. The first-order valence-corrected chi connectivity index (χ1v) is 6.24. The molecule has 1 saturated heterocycles. The minimum absolute atomic E-state index is 0.133. The molecule has 92 valence electrons. The molecular formula is C11H8N2O3S2. The molecule has 0 unspecified atom stereocenters. The van der Waals surface area contributed by atoms with Crippen LogP contribution in [0.4, 0.5) is 11.4 Å². The minimum atomic E-state index is -0.524. The number of nitro groups is 1. The molecule has 0 aliphatic carbocycles. The van der Waals surface area contributed by atoms with Crippen LogP contribution in [0, 0.1) is 10.1 Å². The molecule has 5 nitrogen and oxygen atoms in total. The van der Waals surface area contributed by atoms with Gasteiger partial charge >= 0.3 is 0 Å². The van der Waals surface area contributed by atoms with E-state index in [4.69, 9.17) is 12.2 Å². The fourth-order valence-electron chi connectivity index (χ4n) is 1.57. The van der Waals surface area contributed by atoms with Crippen LogP contribution in [0.25, 0.3) is 0 Å². The maximum Gasteiger partial charge on any atom is 0.293 e. The second-order valence-corrected chi connectivity index (χ2v) is 5.08. The Labute approximate surface area is 113 Å². The standard InChI is InChI=1S/C11H8N2O3S2/c1-2-9-10(14)12(11(17)18-9)7-5-3-4-6-8(7)13(15)16/h2-6H,1H3/b9-2+. The number of thioether (sulfide) groups is 1. The molecule has 1 aromatic rings. The maximum atomic E-state index is 12.0. The van der Waals surface area contributed by atoms with Gasteiger partial charge < -0.3 is 0 Å². The highest BCUT2D eigenvalue weighted by Crippen LogP contribution is 2.38. The number of carbonyl (C=O) groups excluding carboxylic acids is 1. The molecule has 0 spiro atoms. The first-order chi connectivity index (χ1) is 8.56. The smallest absolute Gasteiger partial charge is 0.268 e. The Morgan fingerprint density at radius 1 is 1.44 bits per heavy atom. The number of para-hydroxylation sites is 2. The van der Waals surface area contributed by atoms with E-state index in [0.717, 1.165) is 11.8 Å². The molecule has 7 heteroatoms. The Balaban J connectivity index is 2.53. The Bertz CT molecular complexity index is 583. The summed E-state index contributed by atoms with van der Waals surface area (Å²) >= 11 is 6.24. The second-order valence-electron chi connectivity index (χ2n) is 3.41. The van der Waals surface area contributed by atoms with Crippen LogP contribution in [0.3, 0.4) is 0 Å². The molecule has 18 heavy (non-hydrogen) atoms. The average molecular weight is 280 g/mol. The highest BCUT2D eigenvalue weighted by molar-refractivity contribution is 8.27. The van der Waals surface area contributed by atoms with Crippen molar-refractivity contribution in [2.75, 3.05) is 4.90 Å². The molecule has 1 aromatic carbocycles. The minimum Gasteiger partial charge on any atom is -0.268 e. The number of carbonyl (C=O) groups is 1. The van der Waals surface area contributed by atoms with E-state index in [1.807, 2.05) is 0 Å². The Kier molecular flexibility index (Phi) is 3.44. The monoisotopic (exact) mass is 280 g/mol. The van der Waals surface area contributed by atoms with Crippen molar-refractivity contribution in [1.82, 2.24) is 0 Å². The van der Waals surface area contributed by atoms with Gasteiger partial charge in [-0.2, -0.15) is 0 Å². The number of nitro benzene ring substituents is 1. The SMILES string of the molecule is C/C=C1/SC(=S)N(c2ccccc2[N+](=O)[O-])C1=O. The molecule has 1 fully saturated rings. The Morgan fingerprint density at radius 3 is 2.67 bits per heavy atom. The fourth-order valence-corrected chi connectivity index (χ4v) is 2.78. The average Bonchev–Trinajstić information content (AvgIpc) is 2.64. The summed E-state index contributed by atoms with van der Waals surface area (Å²) in [5.74, 6) is -0.318. The lowest BCUT2D eigenvalue weighted by Crippen LogP contribution is -2.28. The Morgan fingerprint density at radius 2 is 2.11 bits per heavy atom. The topological polar surface area (TPSA) is 63.4 Å². The molecule has 0 radical (unpaired) electrons. The lowest BCUT2D eigenvalue weighted by molar-refractivity contribution is -0.384. The number of nitrogens with zero attached hydrogens (tertiary/aromatic N) is 2. The zero-order valence-electron chi connectivity index (χ0n) is 9.32. The van der Waals surface area contributed by atoms with E-state index in [0.29, 0.717) is 9.23 Å². The highest BCUT2D eigenvalue weighted by Gasteiger charge is 2.36. The molecule has 1 heterocycles. The van der Waals surface area contributed by atoms with Crippen LogP contribution < -0.4 is 4.90 Å². The van der Waals surface area contributed by atoms with Crippen molar-refractivity contribution in [3.63, 3.8) is 0 Å². The van der Waals surface area contributed by atoms with Gasteiger partial charge in [0.05, 0.1) is 9.83 Å². The normalized spacial score (nSPS) is 17.6. The van der Waals surface area contributed by atoms with Crippen LogP contribution in [-0.4, -0.2) is 15.2 Å².